The second kappa shape index (κ2) is 11.7. The van der Waals surface area contributed by atoms with Crippen molar-refractivity contribution in [1.82, 2.24) is 15.5 Å². The Morgan fingerprint density at radius 1 is 0.949 bits per heavy atom. The van der Waals surface area contributed by atoms with Crippen molar-refractivity contribution in [1.29, 1.82) is 0 Å². The van der Waals surface area contributed by atoms with Crippen LogP contribution in [0.3, 0.4) is 0 Å². The number of carboxylic acids is 1. The van der Waals surface area contributed by atoms with Crippen LogP contribution in [0.5, 0.6) is 0 Å². The van der Waals surface area contributed by atoms with Crippen LogP contribution in [0.25, 0.3) is 11.1 Å². The van der Waals surface area contributed by atoms with Crippen LogP contribution in [-0.4, -0.2) is 60.8 Å². The molecule has 1 saturated carbocycles. The lowest BCUT2D eigenvalue weighted by atomic mass is 9.98. The number of rotatable bonds is 11. The van der Waals surface area contributed by atoms with Crippen molar-refractivity contribution in [2.24, 2.45) is 11.8 Å². The number of benzene rings is 3. The van der Waals surface area contributed by atoms with E-state index in [2.05, 4.69) is 34.9 Å². The fourth-order valence-corrected chi connectivity index (χ4v) is 5.39. The van der Waals surface area contributed by atoms with E-state index < -0.39 is 18.1 Å². The highest BCUT2D eigenvalue weighted by molar-refractivity contribution is 5.87. The smallest absolute Gasteiger partial charge is 0.407 e. The number of likely N-dealkylation sites (N-methyl/N-ethyl adjacent to an activating group) is 1. The van der Waals surface area contributed by atoms with Crippen LogP contribution < -0.4 is 10.6 Å². The third-order valence-electron chi connectivity index (χ3n) is 7.52. The number of hydrogen-bond donors (Lipinski definition) is 3. The third-order valence-corrected chi connectivity index (χ3v) is 7.52. The van der Waals surface area contributed by atoms with Gasteiger partial charge in [0, 0.05) is 31.5 Å². The maximum Gasteiger partial charge on any atom is 0.407 e. The third kappa shape index (κ3) is 6.29. The number of aliphatic carboxylic acids is 1. The second-order valence-corrected chi connectivity index (χ2v) is 10.4. The lowest BCUT2D eigenvalue weighted by molar-refractivity contribution is -0.142. The summed E-state index contributed by atoms with van der Waals surface area (Å²) in [5, 5.41) is 15.1. The molecule has 2 aliphatic carbocycles. The van der Waals surface area contributed by atoms with Gasteiger partial charge in [-0.25, -0.2) is 9.59 Å². The molecule has 0 aromatic heterocycles. The Bertz CT molecular complexity index is 1300. The van der Waals surface area contributed by atoms with Gasteiger partial charge >= 0.3 is 12.1 Å². The van der Waals surface area contributed by atoms with Crippen LogP contribution in [-0.2, 0) is 20.9 Å². The van der Waals surface area contributed by atoms with Gasteiger partial charge in [0.2, 0.25) is 5.91 Å². The Hall–Kier alpha value is -4.17. The fraction of sp³-hybridized carbons (Fsp3) is 0.323. The lowest BCUT2D eigenvalue weighted by Crippen LogP contribution is -2.48. The van der Waals surface area contributed by atoms with Crippen LogP contribution in [0, 0.1) is 11.8 Å². The van der Waals surface area contributed by atoms with Gasteiger partial charge in [-0.15, -0.1) is 0 Å². The maximum atomic E-state index is 12.7. The van der Waals surface area contributed by atoms with Gasteiger partial charge in [-0.2, -0.15) is 0 Å². The molecule has 202 valence electrons. The summed E-state index contributed by atoms with van der Waals surface area (Å²) in [7, 11) is 1.83. The van der Waals surface area contributed by atoms with Gasteiger partial charge in [0.1, 0.15) is 12.6 Å². The Kier molecular flexibility index (Phi) is 7.93. The molecule has 5 rings (SSSR count). The molecule has 1 fully saturated rings. The molecule has 2 aliphatic rings. The van der Waals surface area contributed by atoms with Crippen molar-refractivity contribution in [3.63, 3.8) is 0 Å². The van der Waals surface area contributed by atoms with E-state index in [1.54, 1.807) is 0 Å². The van der Waals surface area contributed by atoms with Crippen molar-refractivity contribution in [2.75, 3.05) is 26.7 Å². The predicted octanol–water partition coefficient (Wildman–Crippen LogP) is 3.86. The first kappa shape index (κ1) is 26.4. The van der Waals surface area contributed by atoms with Gasteiger partial charge < -0.3 is 20.5 Å². The zero-order chi connectivity index (χ0) is 27.4. The number of nitrogens with zero attached hydrogens (tertiary/aromatic N) is 1. The van der Waals surface area contributed by atoms with Crippen LogP contribution in [0.1, 0.15) is 29.0 Å². The number of alkyl carbamates (subject to hydrolysis) is 1. The number of fused-ring (bicyclic) bond motifs is 3. The first-order valence-corrected chi connectivity index (χ1v) is 13.2. The summed E-state index contributed by atoms with van der Waals surface area (Å²) >= 11 is 0. The average Bonchev–Trinajstić information content (AvgIpc) is 3.66. The van der Waals surface area contributed by atoms with E-state index in [0.717, 1.165) is 16.7 Å². The molecular formula is C31H33N3O5. The van der Waals surface area contributed by atoms with E-state index in [0.29, 0.717) is 19.5 Å². The minimum absolute atomic E-state index is 0.0180. The van der Waals surface area contributed by atoms with E-state index in [1.807, 2.05) is 66.5 Å². The number of carbonyl (C=O) groups is 3. The summed E-state index contributed by atoms with van der Waals surface area (Å²) in [5.74, 6) is -1.75. The summed E-state index contributed by atoms with van der Waals surface area (Å²) < 4.78 is 5.57. The fourth-order valence-electron chi connectivity index (χ4n) is 5.39. The average molecular weight is 528 g/mol. The largest absolute Gasteiger partial charge is 0.480 e. The van der Waals surface area contributed by atoms with E-state index in [1.165, 1.54) is 11.1 Å². The highest BCUT2D eigenvalue weighted by Gasteiger charge is 2.44. The van der Waals surface area contributed by atoms with Crippen molar-refractivity contribution in [3.8, 4) is 11.1 Å². The van der Waals surface area contributed by atoms with Gasteiger partial charge in [-0.05, 0) is 47.2 Å². The lowest BCUT2D eigenvalue weighted by Gasteiger charge is -2.22. The molecule has 3 N–H and O–H groups in total. The molecule has 0 spiro atoms. The Morgan fingerprint density at radius 2 is 1.56 bits per heavy atom. The number of carboxylic acid groups (broad SMARTS) is 1. The highest BCUT2D eigenvalue weighted by Crippen LogP contribution is 2.44. The summed E-state index contributed by atoms with van der Waals surface area (Å²) in [6.07, 6.45) is 0.0793. The van der Waals surface area contributed by atoms with Crippen LogP contribution in [0.4, 0.5) is 4.79 Å². The van der Waals surface area contributed by atoms with Crippen LogP contribution >= 0.6 is 0 Å². The zero-order valence-corrected chi connectivity index (χ0v) is 21.9. The van der Waals surface area contributed by atoms with Gasteiger partial charge in [0.15, 0.2) is 0 Å². The van der Waals surface area contributed by atoms with Gasteiger partial charge in [0.05, 0.1) is 0 Å². The second-order valence-electron chi connectivity index (χ2n) is 10.4. The monoisotopic (exact) mass is 527 g/mol. The standard InChI is InChI=1S/C31H33N3O5/c1-34(17-20-9-3-2-4-10-20)18-28(30(36)37)33-29(35)26-15-21(26)16-32-31(38)39-19-27-24-13-7-5-11-22(24)23-12-6-8-14-25(23)27/h2-14,21,26-28H,15-19H2,1H3,(H,32,38)(H,33,35)(H,36,37)/t21-,26-,28?/m1/s1. The maximum absolute atomic E-state index is 12.7. The Morgan fingerprint density at radius 3 is 2.21 bits per heavy atom. The molecule has 0 radical (unpaired) electrons. The van der Waals surface area contributed by atoms with Crippen molar-refractivity contribution < 1.29 is 24.2 Å². The van der Waals surface area contributed by atoms with E-state index >= 15 is 0 Å². The molecule has 0 heterocycles. The molecule has 0 aliphatic heterocycles. The number of ether oxygens (including phenoxy) is 1. The predicted molar refractivity (Wildman–Crippen MR) is 147 cm³/mol. The van der Waals surface area contributed by atoms with Crippen molar-refractivity contribution in [3.05, 3.63) is 95.6 Å². The zero-order valence-electron chi connectivity index (χ0n) is 21.9. The van der Waals surface area contributed by atoms with Crippen molar-refractivity contribution in [2.45, 2.75) is 24.9 Å². The molecule has 8 heteroatoms. The van der Waals surface area contributed by atoms with E-state index in [4.69, 9.17) is 4.74 Å². The molecule has 3 atom stereocenters. The summed E-state index contributed by atoms with van der Waals surface area (Å²) in [6, 6.07) is 25.0. The minimum atomic E-state index is -1.07. The quantitative estimate of drug-likeness (QED) is 0.350. The van der Waals surface area contributed by atoms with E-state index in [-0.39, 0.29) is 36.8 Å². The highest BCUT2D eigenvalue weighted by atomic mass is 16.5. The topological polar surface area (TPSA) is 108 Å². The number of hydrogen-bond acceptors (Lipinski definition) is 5. The number of carbonyl (C=O) groups excluding carboxylic acids is 2. The molecule has 3 aromatic carbocycles. The normalized spacial score (nSPS) is 18.1. The molecule has 0 bridgehead atoms. The first-order chi connectivity index (χ1) is 18.9. The number of nitrogens with one attached hydrogen (secondary N) is 2. The number of amides is 2. The molecule has 1 unspecified atom stereocenters. The molecule has 3 aromatic rings. The van der Waals surface area contributed by atoms with Crippen LogP contribution in [0.15, 0.2) is 78.9 Å². The SMILES string of the molecule is CN(Cc1ccccc1)CC(NC(=O)[C@@H]1C[C@@H]1CNC(=O)OCC1c2ccccc2-c2ccccc21)C(=O)O. The summed E-state index contributed by atoms with van der Waals surface area (Å²) in [5.41, 5.74) is 5.69. The molecular weight excluding hydrogens is 494 g/mol. The van der Waals surface area contributed by atoms with Crippen molar-refractivity contribution >= 4 is 18.0 Å². The van der Waals surface area contributed by atoms with Gasteiger partial charge in [-0.1, -0.05) is 78.9 Å². The van der Waals surface area contributed by atoms with Gasteiger partial charge in [-0.3, -0.25) is 9.69 Å². The van der Waals surface area contributed by atoms with E-state index in [9.17, 15) is 19.5 Å². The van der Waals surface area contributed by atoms with Gasteiger partial charge in [0.25, 0.3) is 0 Å². The summed E-state index contributed by atoms with van der Waals surface area (Å²) in [4.78, 5) is 38.8. The molecule has 8 nitrogen and oxygen atoms in total. The Labute approximate surface area is 228 Å². The summed E-state index contributed by atoms with van der Waals surface area (Å²) in [6.45, 7) is 1.30. The molecule has 2 amide bonds. The Balaban J connectivity index is 1.06. The van der Waals surface area contributed by atoms with Crippen LogP contribution in [0.2, 0.25) is 0 Å². The minimum Gasteiger partial charge on any atom is -0.480 e. The first-order valence-electron chi connectivity index (χ1n) is 13.2. The molecule has 39 heavy (non-hydrogen) atoms. The molecule has 0 saturated heterocycles.